The lowest BCUT2D eigenvalue weighted by molar-refractivity contribution is -0.150. The minimum atomic E-state index is -2.68. The minimum absolute atomic E-state index is 0.0104. The van der Waals surface area contributed by atoms with E-state index < -0.39 is 12.5 Å². The first-order valence-electron chi connectivity index (χ1n) is 4.96. The van der Waals surface area contributed by atoms with Gasteiger partial charge in [0.1, 0.15) is 0 Å². The summed E-state index contributed by atoms with van der Waals surface area (Å²) >= 11 is 0. The van der Waals surface area contributed by atoms with Gasteiger partial charge in [0.15, 0.2) is 0 Å². The van der Waals surface area contributed by atoms with Crippen molar-refractivity contribution in [2.75, 3.05) is 19.6 Å². The van der Waals surface area contributed by atoms with E-state index in [0.717, 1.165) is 13.0 Å². The molecule has 0 aromatic carbocycles. The molecule has 0 unspecified atom stereocenters. The average molecular weight is 204 g/mol. The summed E-state index contributed by atoms with van der Waals surface area (Å²) in [4.78, 5) is 12.8. The number of nitrogens with zero attached hydrogens (tertiary/aromatic N) is 1. The number of rotatable bonds is 1. The molecule has 1 atom stereocenters. The number of nitrogens with one attached hydrogen (secondary N) is 1. The normalized spacial score (nSPS) is 32.3. The number of alkyl halides is 2. The molecule has 2 aliphatic heterocycles. The predicted molar refractivity (Wildman–Crippen MR) is 47.2 cm³/mol. The summed E-state index contributed by atoms with van der Waals surface area (Å²) in [7, 11) is 0. The van der Waals surface area contributed by atoms with Gasteiger partial charge in [-0.05, 0) is 13.0 Å². The van der Waals surface area contributed by atoms with E-state index in [1.165, 1.54) is 4.90 Å². The molecule has 3 nitrogen and oxygen atoms in total. The topological polar surface area (TPSA) is 32.3 Å². The second kappa shape index (κ2) is 3.46. The zero-order valence-electron chi connectivity index (χ0n) is 7.93. The molecule has 0 spiro atoms. The van der Waals surface area contributed by atoms with Crippen LogP contribution in [0.2, 0.25) is 0 Å². The van der Waals surface area contributed by atoms with Crippen LogP contribution >= 0.6 is 0 Å². The Kier molecular flexibility index (Phi) is 2.43. The molecule has 80 valence electrons. The van der Waals surface area contributed by atoms with E-state index in [4.69, 9.17) is 0 Å². The number of amides is 1. The summed E-state index contributed by atoms with van der Waals surface area (Å²) in [6.07, 6.45) is 0.494. The van der Waals surface area contributed by atoms with E-state index >= 15 is 0 Å². The third-order valence-corrected chi connectivity index (χ3v) is 2.90. The van der Waals surface area contributed by atoms with Crippen LogP contribution in [0.15, 0.2) is 0 Å². The zero-order valence-corrected chi connectivity index (χ0v) is 7.93. The van der Waals surface area contributed by atoms with E-state index in [2.05, 4.69) is 5.32 Å². The van der Waals surface area contributed by atoms with Crippen molar-refractivity contribution in [3.63, 3.8) is 0 Å². The molecule has 0 bridgehead atoms. The van der Waals surface area contributed by atoms with Crippen LogP contribution in [0.5, 0.6) is 0 Å². The molecule has 5 heteroatoms. The molecular weight excluding hydrogens is 190 g/mol. The first-order valence-corrected chi connectivity index (χ1v) is 4.96. The summed E-state index contributed by atoms with van der Waals surface area (Å²) in [6, 6.07) is -0.0197. The fourth-order valence-electron chi connectivity index (χ4n) is 2.09. The quantitative estimate of drug-likeness (QED) is 0.678. The lowest BCUT2D eigenvalue weighted by atomic mass is 10.0. The Bertz CT molecular complexity index is 239. The maximum atomic E-state index is 13.1. The second-order valence-electron chi connectivity index (χ2n) is 4.02. The van der Waals surface area contributed by atoms with Gasteiger partial charge in [0.05, 0.1) is 6.54 Å². The van der Waals surface area contributed by atoms with Crippen LogP contribution in [0, 0.1) is 0 Å². The number of hydrogen-bond acceptors (Lipinski definition) is 2. The van der Waals surface area contributed by atoms with E-state index in [-0.39, 0.29) is 24.8 Å². The van der Waals surface area contributed by atoms with Crippen molar-refractivity contribution in [3.05, 3.63) is 0 Å². The highest BCUT2D eigenvalue weighted by Crippen LogP contribution is 2.29. The molecule has 0 aromatic heterocycles. The summed E-state index contributed by atoms with van der Waals surface area (Å²) in [6.45, 7) is 1.08. The Morgan fingerprint density at radius 3 is 2.93 bits per heavy atom. The second-order valence-corrected chi connectivity index (χ2v) is 4.02. The highest BCUT2D eigenvalue weighted by atomic mass is 19.3. The van der Waals surface area contributed by atoms with Crippen molar-refractivity contribution in [2.24, 2.45) is 0 Å². The van der Waals surface area contributed by atoms with Gasteiger partial charge in [0, 0.05) is 25.4 Å². The van der Waals surface area contributed by atoms with Crippen LogP contribution < -0.4 is 5.32 Å². The van der Waals surface area contributed by atoms with Crippen molar-refractivity contribution < 1.29 is 13.6 Å². The molecule has 1 N–H and O–H groups in total. The molecule has 2 fully saturated rings. The lowest BCUT2D eigenvalue weighted by Crippen LogP contribution is -2.51. The molecule has 0 saturated carbocycles. The Morgan fingerprint density at radius 1 is 1.50 bits per heavy atom. The first-order chi connectivity index (χ1) is 6.58. The predicted octanol–water partition coefficient (Wildman–Crippen LogP) is 0.606. The van der Waals surface area contributed by atoms with Crippen molar-refractivity contribution in [1.29, 1.82) is 0 Å². The number of likely N-dealkylation sites (tertiary alicyclic amines) is 1. The lowest BCUT2D eigenvalue weighted by Gasteiger charge is -2.36. The standard InChI is InChI=1S/C9H14F2N2O/c10-9(11)3-1-8(14)13(6-9)7-2-4-12-5-7/h7,12H,1-6H2/t7-/m0/s1. The third-order valence-electron chi connectivity index (χ3n) is 2.90. The number of carbonyl (C=O) groups excluding carboxylic acids is 1. The maximum Gasteiger partial charge on any atom is 0.265 e. The monoisotopic (exact) mass is 204 g/mol. The van der Waals surface area contributed by atoms with Crippen molar-refractivity contribution in [2.45, 2.75) is 31.2 Å². The van der Waals surface area contributed by atoms with Crippen LogP contribution in [-0.2, 0) is 4.79 Å². The van der Waals surface area contributed by atoms with Gasteiger partial charge in [-0.2, -0.15) is 0 Å². The summed E-state index contributed by atoms with van der Waals surface area (Å²) < 4.78 is 26.1. The molecule has 14 heavy (non-hydrogen) atoms. The van der Waals surface area contributed by atoms with Crippen LogP contribution in [-0.4, -0.2) is 42.4 Å². The van der Waals surface area contributed by atoms with E-state index in [0.29, 0.717) is 6.54 Å². The number of halogens is 2. The Morgan fingerprint density at radius 2 is 2.29 bits per heavy atom. The number of carbonyl (C=O) groups is 1. The summed E-state index contributed by atoms with van der Waals surface area (Å²) in [5, 5.41) is 3.08. The van der Waals surface area contributed by atoms with Gasteiger partial charge in [-0.3, -0.25) is 4.79 Å². The highest BCUT2D eigenvalue weighted by Gasteiger charge is 2.41. The van der Waals surface area contributed by atoms with Gasteiger partial charge in [-0.1, -0.05) is 0 Å². The fraction of sp³-hybridized carbons (Fsp3) is 0.889. The van der Waals surface area contributed by atoms with Crippen molar-refractivity contribution in [1.82, 2.24) is 10.2 Å². The molecule has 0 aromatic rings. The van der Waals surface area contributed by atoms with Gasteiger partial charge >= 0.3 is 0 Å². The summed E-state index contributed by atoms with van der Waals surface area (Å²) in [5.74, 6) is -2.80. The molecule has 2 saturated heterocycles. The van der Waals surface area contributed by atoms with Crippen LogP contribution in [0.3, 0.4) is 0 Å². The molecule has 2 heterocycles. The Balaban J connectivity index is 2.04. The van der Waals surface area contributed by atoms with Crippen molar-refractivity contribution >= 4 is 5.91 Å². The minimum Gasteiger partial charge on any atom is -0.332 e. The van der Waals surface area contributed by atoms with Crippen LogP contribution in [0.1, 0.15) is 19.3 Å². The van der Waals surface area contributed by atoms with E-state index in [1.54, 1.807) is 0 Å². The Labute approximate surface area is 81.4 Å². The van der Waals surface area contributed by atoms with Gasteiger partial charge in [-0.15, -0.1) is 0 Å². The third kappa shape index (κ3) is 1.87. The van der Waals surface area contributed by atoms with Crippen LogP contribution in [0.25, 0.3) is 0 Å². The average Bonchev–Trinajstić information content (AvgIpc) is 2.62. The van der Waals surface area contributed by atoms with Crippen LogP contribution in [0.4, 0.5) is 8.78 Å². The Hall–Kier alpha value is -0.710. The SMILES string of the molecule is O=C1CCC(F)(F)CN1[C@H]1CCNC1. The van der Waals surface area contributed by atoms with E-state index in [1.807, 2.05) is 0 Å². The molecule has 1 amide bonds. The summed E-state index contributed by atoms with van der Waals surface area (Å²) in [5.41, 5.74) is 0. The zero-order chi connectivity index (χ0) is 10.2. The molecule has 0 aliphatic carbocycles. The molecule has 0 radical (unpaired) electrons. The van der Waals surface area contributed by atoms with Gasteiger partial charge < -0.3 is 10.2 Å². The molecule has 2 rings (SSSR count). The van der Waals surface area contributed by atoms with Gasteiger partial charge in [0.25, 0.3) is 5.92 Å². The maximum absolute atomic E-state index is 13.1. The highest BCUT2D eigenvalue weighted by molar-refractivity contribution is 5.77. The van der Waals surface area contributed by atoms with Crippen molar-refractivity contribution in [3.8, 4) is 0 Å². The largest absolute Gasteiger partial charge is 0.332 e. The van der Waals surface area contributed by atoms with Gasteiger partial charge in [0.2, 0.25) is 5.91 Å². The number of hydrogen-bond donors (Lipinski definition) is 1. The smallest absolute Gasteiger partial charge is 0.265 e. The first kappa shape index (κ1) is 9.83. The number of piperidine rings is 1. The van der Waals surface area contributed by atoms with Gasteiger partial charge in [-0.25, -0.2) is 8.78 Å². The fourth-order valence-corrected chi connectivity index (χ4v) is 2.09. The van der Waals surface area contributed by atoms with E-state index in [9.17, 15) is 13.6 Å². The molecular formula is C9H14F2N2O. The molecule has 2 aliphatic rings.